The largest absolute Gasteiger partial charge is 0.396 e. The molecule has 2 atom stereocenters. The van der Waals surface area contributed by atoms with Crippen molar-refractivity contribution in [3.63, 3.8) is 0 Å². The molecule has 1 aromatic carbocycles. The first-order valence-corrected chi connectivity index (χ1v) is 9.70. The number of nitrogens with one attached hydrogen (secondary N) is 1. The van der Waals surface area contributed by atoms with Crippen molar-refractivity contribution < 1.29 is 12.6 Å². The summed E-state index contributed by atoms with van der Waals surface area (Å²) in [6.45, 7) is 1.94. The number of nitrogen functional groups attached to an aromatic ring is 1. The van der Waals surface area contributed by atoms with Gasteiger partial charge in [-0.25, -0.2) is 12.7 Å². The van der Waals surface area contributed by atoms with E-state index in [9.17, 15) is 12.6 Å². The first-order valence-electron chi connectivity index (χ1n) is 6.54. The molecular formula is C13H23N3O3S2. The van der Waals surface area contributed by atoms with E-state index < -0.39 is 20.8 Å². The third-order valence-corrected chi connectivity index (χ3v) is 5.75. The van der Waals surface area contributed by atoms with Gasteiger partial charge in [-0.15, -0.1) is 0 Å². The summed E-state index contributed by atoms with van der Waals surface area (Å²) < 4.78 is 36.6. The molecule has 6 nitrogen and oxygen atoms in total. The first kappa shape index (κ1) is 17.9. The highest BCUT2D eigenvalue weighted by molar-refractivity contribution is 7.89. The molecule has 0 saturated carbocycles. The number of sulfonamides is 1. The number of nitrogens with zero attached hydrogens (tertiary/aromatic N) is 1. The van der Waals surface area contributed by atoms with Gasteiger partial charge in [-0.3, -0.25) is 4.21 Å². The summed E-state index contributed by atoms with van der Waals surface area (Å²) in [5, 5.41) is 3.17. The van der Waals surface area contributed by atoms with Crippen LogP contribution >= 0.6 is 0 Å². The number of hydrogen-bond donors (Lipinski definition) is 2. The molecule has 0 bridgehead atoms. The molecule has 0 saturated heterocycles. The summed E-state index contributed by atoms with van der Waals surface area (Å²) >= 11 is 0. The van der Waals surface area contributed by atoms with Crippen LogP contribution in [-0.4, -0.2) is 49.1 Å². The maximum atomic E-state index is 12.2. The highest BCUT2D eigenvalue weighted by atomic mass is 32.2. The average molecular weight is 333 g/mol. The van der Waals surface area contributed by atoms with Crippen molar-refractivity contribution in [3.05, 3.63) is 18.2 Å². The van der Waals surface area contributed by atoms with Gasteiger partial charge >= 0.3 is 0 Å². The Labute approximate surface area is 129 Å². The van der Waals surface area contributed by atoms with Gasteiger partial charge in [0.2, 0.25) is 10.0 Å². The molecule has 0 aliphatic carbocycles. The van der Waals surface area contributed by atoms with Gasteiger partial charge in [0.1, 0.15) is 4.90 Å². The Kier molecular flexibility index (Phi) is 6.18. The lowest BCUT2D eigenvalue weighted by molar-refractivity contribution is 0.521. The maximum absolute atomic E-state index is 12.2. The van der Waals surface area contributed by atoms with Gasteiger partial charge in [-0.05, 0) is 25.5 Å². The minimum absolute atomic E-state index is 0.0495. The Hall–Kier alpha value is -1.12. The van der Waals surface area contributed by atoms with Crippen LogP contribution in [0.5, 0.6) is 0 Å². The second-order valence-corrected chi connectivity index (χ2v) is 8.79. The minimum atomic E-state index is -3.57. The number of benzene rings is 1. The van der Waals surface area contributed by atoms with Crippen molar-refractivity contribution in [3.8, 4) is 0 Å². The lowest BCUT2D eigenvalue weighted by Crippen LogP contribution is -2.24. The fourth-order valence-electron chi connectivity index (χ4n) is 1.77. The number of hydrogen-bond acceptors (Lipinski definition) is 5. The SMILES string of the molecule is CC(CCS(C)=O)Nc1cccc(S(=O)(=O)N(C)C)c1N. The van der Waals surface area contributed by atoms with E-state index in [4.69, 9.17) is 5.73 Å². The van der Waals surface area contributed by atoms with E-state index in [1.165, 1.54) is 20.2 Å². The van der Waals surface area contributed by atoms with Crippen LogP contribution in [0.2, 0.25) is 0 Å². The van der Waals surface area contributed by atoms with Crippen LogP contribution < -0.4 is 11.1 Å². The zero-order chi connectivity index (χ0) is 16.2. The molecule has 2 unspecified atom stereocenters. The lowest BCUT2D eigenvalue weighted by Gasteiger charge is -2.19. The zero-order valence-electron chi connectivity index (χ0n) is 12.8. The molecule has 1 aromatic rings. The molecule has 21 heavy (non-hydrogen) atoms. The summed E-state index contributed by atoms with van der Waals surface area (Å²) in [5.41, 5.74) is 6.76. The van der Waals surface area contributed by atoms with Crippen LogP contribution in [0.4, 0.5) is 11.4 Å². The average Bonchev–Trinajstić information content (AvgIpc) is 2.38. The number of para-hydroxylation sites is 1. The van der Waals surface area contributed by atoms with E-state index in [0.717, 1.165) is 4.31 Å². The molecule has 0 aliphatic rings. The Morgan fingerprint density at radius 1 is 1.38 bits per heavy atom. The second kappa shape index (κ2) is 7.24. The van der Waals surface area contributed by atoms with E-state index in [1.807, 2.05) is 6.92 Å². The monoisotopic (exact) mass is 333 g/mol. The number of rotatable bonds is 7. The Morgan fingerprint density at radius 3 is 2.52 bits per heavy atom. The van der Waals surface area contributed by atoms with Crippen LogP contribution in [0, 0.1) is 0 Å². The highest BCUT2D eigenvalue weighted by Crippen LogP contribution is 2.28. The quantitative estimate of drug-likeness (QED) is 0.729. The predicted octanol–water partition coefficient (Wildman–Crippen LogP) is 1.09. The standard InChI is InChI=1S/C13H23N3O3S2/c1-10(8-9-20(4)17)15-11-6-5-7-12(13(11)14)21(18,19)16(2)3/h5-7,10,15H,8-9,14H2,1-4H3. The van der Waals surface area contributed by atoms with Crippen molar-refractivity contribution >= 4 is 32.2 Å². The molecular weight excluding hydrogens is 310 g/mol. The van der Waals surface area contributed by atoms with Gasteiger partial charge in [0.15, 0.2) is 0 Å². The molecule has 0 radical (unpaired) electrons. The summed E-state index contributed by atoms with van der Waals surface area (Å²) in [6.07, 6.45) is 2.37. The summed E-state index contributed by atoms with van der Waals surface area (Å²) in [6, 6.07) is 4.93. The molecule has 8 heteroatoms. The van der Waals surface area contributed by atoms with Crippen LogP contribution in [0.1, 0.15) is 13.3 Å². The smallest absolute Gasteiger partial charge is 0.244 e. The van der Waals surface area contributed by atoms with E-state index in [1.54, 1.807) is 18.4 Å². The van der Waals surface area contributed by atoms with Crippen LogP contribution in [0.15, 0.2) is 23.1 Å². The third-order valence-electron chi connectivity index (χ3n) is 3.06. The van der Waals surface area contributed by atoms with E-state index in [-0.39, 0.29) is 16.6 Å². The Morgan fingerprint density at radius 2 is 2.00 bits per heavy atom. The first-order chi connectivity index (χ1) is 9.66. The highest BCUT2D eigenvalue weighted by Gasteiger charge is 2.22. The van der Waals surface area contributed by atoms with E-state index in [0.29, 0.717) is 17.9 Å². The van der Waals surface area contributed by atoms with Gasteiger partial charge in [0.25, 0.3) is 0 Å². The van der Waals surface area contributed by atoms with Crippen molar-refractivity contribution in [1.29, 1.82) is 0 Å². The molecule has 0 aliphatic heterocycles. The predicted molar refractivity (Wildman–Crippen MR) is 88.4 cm³/mol. The molecule has 0 heterocycles. The molecule has 0 amide bonds. The number of nitrogens with two attached hydrogens (primary N) is 1. The minimum Gasteiger partial charge on any atom is -0.396 e. The zero-order valence-corrected chi connectivity index (χ0v) is 14.4. The van der Waals surface area contributed by atoms with Crippen molar-refractivity contribution in [1.82, 2.24) is 4.31 Å². The lowest BCUT2D eigenvalue weighted by atomic mass is 10.2. The van der Waals surface area contributed by atoms with E-state index >= 15 is 0 Å². The summed E-state index contributed by atoms with van der Waals surface area (Å²) in [5.74, 6) is 0.587. The summed E-state index contributed by atoms with van der Waals surface area (Å²) in [7, 11) is -1.49. The van der Waals surface area contributed by atoms with Crippen molar-refractivity contribution in [2.45, 2.75) is 24.3 Å². The van der Waals surface area contributed by atoms with Gasteiger partial charge < -0.3 is 11.1 Å². The Balaban J connectivity index is 2.99. The number of anilines is 2. The van der Waals surface area contributed by atoms with Crippen LogP contribution in [-0.2, 0) is 20.8 Å². The summed E-state index contributed by atoms with van der Waals surface area (Å²) in [4.78, 5) is 0.0868. The molecule has 0 spiro atoms. The topological polar surface area (TPSA) is 92.5 Å². The fourth-order valence-corrected chi connectivity index (χ4v) is 3.49. The molecule has 0 aromatic heterocycles. The van der Waals surface area contributed by atoms with Crippen LogP contribution in [0.3, 0.4) is 0 Å². The third kappa shape index (κ3) is 4.69. The molecule has 3 N–H and O–H groups in total. The molecule has 1 rings (SSSR count). The van der Waals surface area contributed by atoms with E-state index in [2.05, 4.69) is 5.32 Å². The Bertz CT molecular complexity index is 615. The van der Waals surface area contributed by atoms with Gasteiger partial charge in [-0.1, -0.05) is 6.07 Å². The van der Waals surface area contributed by atoms with Crippen LogP contribution in [0.25, 0.3) is 0 Å². The maximum Gasteiger partial charge on any atom is 0.244 e. The second-order valence-electron chi connectivity index (χ2n) is 5.12. The van der Waals surface area contributed by atoms with Crippen molar-refractivity contribution in [2.24, 2.45) is 0 Å². The van der Waals surface area contributed by atoms with Gasteiger partial charge in [0, 0.05) is 42.9 Å². The fraction of sp³-hybridized carbons (Fsp3) is 0.538. The molecule has 0 fully saturated rings. The molecule has 120 valence electrons. The van der Waals surface area contributed by atoms with Gasteiger partial charge in [0.05, 0.1) is 11.4 Å². The van der Waals surface area contributed by atoms with Gasteiger partial charge in [-0.2, -0.15) is 0 Å². The van der Waals surface area contributed by atoms with Crippen molar-refractivity contribution in [2.75, 3.05) is 37.2 Å². The normalized spacial score (nSPS) is 14.9.